The van der Waals surface area contributed by atoms with Crippen LogP contribution in [0.3, 0.4) is 0 Å². The molecule has 384 valence electrons. The molecule has 21 nitrogen and oxygen atoms in total. The third-order valence-electron chi connectivity index (χ3n) is 13.4. The number of nitrogen functional groups attached to an aromatic ring is 1. The van der Waals surface area contributed by atoms with E-state index >= 15 is 0 Å². The molecule has 0 radical (unpaired) electrons. The van der Waals surface area contributed by atoms with E-state index in [0.29, 0.717) is 37.5 Å². The van der Waals surface area contributed by atoms with Crippen molar-refractivity contribution < 1.29 is 47.5 Å². The fraction of sp³-hybridized carbons (Fsp3) is 0.750. The van der Waals surface area contributed by atoms with E-state index < -0.39 is 47.4 Å². The van der Waals surface area contributed by atoms with Crippen LogP contribution in [0.25, 0.3) is 22.1 Å². The summed E-state index contributed by atoms with van der Waals surface area (Å²) in [6, 6.07) is -0.0132. The Labute approximate surface area is 422 Å². The number of nitrogens with zero attached hydrogens (tertiary/aromatic N) is 10. The van der Waals surface area contributed by atoms with Gasteiger partial charge in [0.1, 0.15) is 35.6 Å². The van der Waals surface area contributed by atoms with Gasteiger partial charge in [-0.25, -0.2) is 28.9 Å². The van der Waals surface area contributed by atoms with Crippen LogP contribution in [0.2, 0.25) is 0 Å². The molecule has 22 heteroatoms. The Balaban J connectivity index is 0.000000174. The lowest BCUT2D eigenvalue weighted by atomic mass is 10.1. The molecule has 10 rings (SSSR count). The Morgan fingerprint density at radius 2 is 1.04 bits per heavy atom. The number of hydrogen-bond donors (Lipinski definition) is 1. The molecule has 70 heavy (non-hydrogen) atoms. The third-order valence-corrected chi connectivity index (χ3v) is 13.9. The van der Waals surface area contributed by atoms with Gasteiger partial charge in [-0.15, -0.1) is 0 Å². The van der Waals surface area contributed by atoms with Crippen molar-refractivity contribution in [3.63, 3.8) is 0 Å². The normalized spacial score (nSPS) is 28.5. The molecule has 4 saturated heterocycles. The van der Waals surface area contributed by atoms with Gasteiger partial charge >= 0.3 is 12.2 Å². The molecule has 2 N–H and O–H groups in total. The molecule has 8 heterocycles. The van der Waals surface area contributed by atoms with E-state index in [4.69, 9.17) is 53.6 Å². The zero-order valence-electron chi connectivity index (χ0n) is 42.5. The van der Waals surface area contributed by atoms with Crippen molar-refractivity contribution in [3.05, 3.63) is 16.2 Å². The van der Waals surface area contributed by atoms with Gasteiger partial charge in [-0.3, -0.25) is 9.80 Å². The smallest absolute Gasteiger partial charge is 0.416 e. The molecule has 4 aromatic heterocycles. The van der Waals surface area contributed by atoms with E-state index in [1.54, 1.807) is 31.6 Å². The maximum atomic E-state index is 13.4. The maximum Gasteiger partial charge on any atom is 0.416 e. The van der Waals surface area contributed by atoms with E-state index in [-0.39, 0.29) is 54.7 Å². The SMILES string of the molecule is CC[C@H]1O[C@@H](n2ncc3c(N(C(=O)OC(C)(C)C)C4CCCC4)nc(I)nc32)[C@@H]2OC(C)(C)O[C@@H]21.CC[C@H]1O[C@@H](n2ncc3c(N(C(=O)OC(C)(C)C)C4CCCC4)nc(N)nc32)[C@@H]2OC(C)(C)O[C@@H]21. The number of rotatable bonds is 8. The lowest BCUT2D eigenvalue weighted by Gasteiger charge is -2.31. The lowest BCUT2D eigenvalue weighted by Crippen LogP contribution is -2.43. The summed E-state index contributed by atoms with van der Waals surface area (Å²) in [5.41, 5.74) is 5.99. The number of amides is 2. The topological polar surface area (TPSA) is 228 Å². The van der Waals surface area contributed by atoms with E-state index in [0.717, 1.165) is 64.2 Å². The van der Waals surface area contributed by atoms with Crippen LogP contribution in [0.5, 0.6) is 0 Å². The van der Waals surface area contributed by atoms with Crippen LogP contribution >= 0.6 is 22.6 Å². The molecular weight excluding hydrogens is 1020 g/mol. The summed E-state index contributed by atoms with van der Waals surface area (Å²) in [6.45, 7) is 22.9. The fourth-order valence-electron chi connectivity index (χ4n) is 10.7. The number of carbonyl (C=O) groups is 2. The highest BCUT2D eigenvalue weighted by Crippen LogP contribution is 2.47. The van der Waals surface area contributed by atoms with Crippen molar-refractivity contribution in [2.75, 3.05) is 15.5 Å². The van der Waals surface area contributed by atoms with Crippen molar-refractivity contribution in [1.82, 2.24) is 39.5 Å². The summed E-state index contributed by atoms with van der Waals surface area (Å²) >= 11 is 2.09. The van der Waals surface area contributed by atoms with Crippen molar-refractivity contribution in [2.45, 2.75) is 231 Å². The molecule has 8 atom stereocenters. The number of anilines is 3. The number of carbonyl (C=O) groups excluding carboxylic acids is 2. The van der Waals surface area contributed by atoms with Gasteiger partial charge in [0.25, 0.3) is 0 Å². The Bertz CT molecular complexity index is 2390. The first-order chi connectivity index (χ1) is 32.9. The minimum atomic E-state index is -0.719. The summed E-state index contributed by atoms with van der Waals surface area (Å²) in [5.74, 6) is -0.435. The van der Waals surface area contributed by atoms with Crippen molar-refractivity contribution in [2.24, 2.45) is 0 Å². The Morgan fingerprint density at radius 3 is 1.44 bits per heavy atom. The first-order valence-electron chi connectivity index (χ1n) is 24.9. The Morgan fingerprint density at radius 1 is 0.657 bits per heavy atom. The molecule has 2 aliphatic carbocycles. The molecular formula is C48H70IN11O10. The monoisotopic (exact) mass is 1090 g/mol. The highest BCUT2D eigenvalue weighted by Gasteiger charge is 2.57. The van der Waals surface area contributed by atoms with E-state index in [1.165, 1.54) is 0 Å². The Hall–Kier alpha value is -4.07. The largest absolute Gasteiger partial charge is 0.443 e. The third kappa shape index (κ3) is 10.2. The maximum absolute atomic E-state index is 13.4. The fourth-order valence-corrected chi connectivity index (χ4v) is 11.1. The molecule has 4 aromatic rings. The number of hydrogen-bond acceptors (Lipinski definition) is 17. The van der Waals surface area contributed by atoms with Crippen LogP contribution in [-0.4, -0.2) is 123 Å². The average Bonchev–Trinajstić information content (AvgIpc) is 4.11. The standard InChI is InChI=1S/C24H34IN5O5.C24H36N6O5/c2*1-7-15-16-17(34-24(5,6)33-16)20(32-15)30-19-14(12-26-30)18(27-21(25)28-19)29(13-10-8-9-11-13)22(31)35-23(2,3)4/h12-13,15-17,20H,7-11H2,1-6H3;12-13,15-17,20H,7-11H2,1-6H3,(H2,25,27,28)/t2*15-,16-,17-,20-/m11/s1. The summed E-state index contributed by atoms with van der Waals surface area (Å²) < 4.78 is 52.9. The van der Waals surface area contributed by atoms with Crippen LogP contribution < -0.4 is 15.5 Å². The van der Waals surface area contributed by atoms with E-state index in [1.807, 2.05) is 69.2 Å². The second-order valence-corrected chi connectivity index (χ2v) is 23.0. The van der Waals surface area contributed by atoms with Crippen molar-refractivity contribution in [1.29, 1.82) is 0 Å². The molecule has 2 saturated carbocycles. The van der Waals surface area contributed by atoms with Gasteiger partial charge in [0, 0.05) is 34.7 Å². The number of fused-ring (bicyclic) bond motifs is 4. The van der Waals surface area contributed by atoms with Gasteiger partial charge in [0.05, 0.1) is 35.4 Å². The number of nitrogens with two attached hydrogens (primary N) is 1. The lowest BCUT2D eigenvalue weighted by molar-refractivity contribution is -0.198. The molecule has 2 amide bonds. The van der Waals surface area contributed by atoms with Gasteiger partial charge in [-0.2, -0.15) is 20.2 Å². The molecule has 0 aromatic carbocycles. The summed E-state index contributed by atoms with van der Waals surface area (Å²) in [6.07, 6.45) is 9.50. The van der Waals surface area contributed by atoms with Crippen molar-refractivity contribution >= 4 is 74.4 Å². The highest BCUT2D eigenvalue weighted by atomic mass is 127. The first kappa shape index (κ1) is 50.9. The van der Waals surface area contributed by atoms with Gasteiger partial charge in [-0.05, 0) is 108 Å². The van der Waals surface area contributed by atoms with Gasteiger partial charge < -0.3 is 43.6 Å². The molecule has 6 aliphatic rings. The van der Waals surface area contributed by atoms with Gasteiger partial charge in [-0.1, -0.05) is 39.5 Å². The Kier molecular flexibility index (Phi) is 13.9. The van der Waals surface area contributed by atoms with Crippen LogP contribution in [-0.2, 0) is 37.9 Å². The van der Waals surface area contributed by atoms with Crippen LogP contribution in [0.1, 0.15) is 160 Å². The molecule has 0 spiro atoms. The summed E-state index contributed by atoms with van der Waals surface area (Å²) in [5, 5.41) is 10.6. The minimum Gasteiger partial charge on any atom is -0.443 e. The summed E-state index contributed by atoms with van der Waals surface area (Å²) in [4.78, 5) is 48.6. The average molecular weight is 1090 g/mol. The van der Waals surface area contributed by atoms with Crippen LogP contribution in [0, 0.1) is 3.83 Å². The minimum absolute atomic E-state index is 0.0195. The second-order valence-electron chi connectivity index (χ2n) is 22.0. The number of aromatic nitrogens is 8. The second kappa shape index (κ2) is 19.1. The van der Waals surface area contributed by atoms with Crippen molar-refractivity contribution in [3.8, 4) is 0 Å². The molecule has 4 aliphatic heterocycles. The first-order valence-corrected chi connectivity index (χ1v) is 26.0. The molecule has 6 fully saturated rings. The predicted molar refractivity (Wildman–Crippen MR) is 266 cm³/mol. The zero-order chi connectivity index (χ0) is 50.2. The number of ether oxygens (including phenoxy) is 8. The number of halogens is 1. The van der Waals surface area contributed by atoms with Crippen LogP contribution in [0.15, 0.2) is 12.4 Å². The van der Waals surface area contributed by atoms with Gasteiger partial charge in [0.15, 0.2) is 50.8 Å². The predicted octanol–water partition coefficient (Wildman–Crippen LogP) is 8.86. The van der Waals surface area contributed by atoms with E-state index in [2.05, 4.69) is 56.6 Å². The summed E-state index contributed by atoms with van der Waals surface area (Å²) in [7, 11) is 0. The zero-order valence-corrected chi connectivity index (χ0v) is 44.7. The van der Waals surface area contributed by atoms with Gasteiger partial charge in [0.2, 0.25) is 5.95 Å². The van der Waals surface area contributed by atoms with E-state index in [9.17, 15) is 9.59 Å². The van der Waals surface area contributed by atoms with Crippen LogP contribution in [0.4, 0.5) is 27.2 Å². The molecule has 0 bridgehead atoms. The molecule has 0 unspecified atom stereocenters. The quantitative estimate of drug-likeness (QED) is 0.128. The highest BCUT2D eigenvalue weighted by molar-refractivity contribution is 14.1.